The van der Waals surface area contributed by atoms with Crippen LogP contribution in [-0.2, 0) is 21.2 Å². The Hall–Kier alpha value is -2.82. The lowest BCUT2D eigenvalue weighted by atomic mass is 9.78. The molecule has 0 bridgehead atoms. The standard InChI is InChI=1S/C29H33BrN4O/c1-27(2,3)21-20-25(34(29(7,8)9)33-26(20)30)22(28(4,5)6)24-23(21)31-18(19(16-35)32-24)15-17-13-11-10-12-14-17/h10-15H,1-9H3/b18-15+. The Labute approximate surface area is 215 Å². The van der Waals surface area contributed by atoms with Crippen molar-refractivity contribution in [1.82, 2.24) is 19.7 Å². The van der Waals surface area contributed by atoms with Gasteiger partial charge < -0.3 is 0 Å². The van der Waals surface area contributed by atoms with E-state index in [1.807, 2.05) is 36.4 Å². The zero-order valence-electron chi connectivity index (χ0n) is 22.0. The van der Waals surface area contributed by atoms with E-state index in [2.05, 4.69) is 88.9 Å². The minimum atomic E-state index is -0.283. The molecule has 0 fully saturated rings. The summed E-state index contributed by atoms with van der Waals surface area (Å²) in [5.74, 6) is 2.06. The Morgan fingerprint density at radius 3 is 1.94 bits per heavy atom. The van der Waals surface area contributed by atoms with Gasteiger partial charge in [0.1, 0.15) is 9.95 Å². The van der Waals surface area contributed by atoms with Crippen molar-refractivity contribution in [2.24, 2.45) is 0 Å². The van der Waals surface area contributed by atoms with E-state index in [4.69, 9.17) is 15.1 Å². The predicted molar refractivity (Wildman–Crippen MR) is 147 cm³/mol. The molecule has 0 unspecified atom stereocenters. The highest BCUT2D eigenvalue weighted by Gasteiger charge is 2.35. The molecule has 0 saturated heterocycles. The second kappa shape index (κ2) is 8.39. The van der Waals surface area contributed by atoms with E-state index in [0.29, 0.717) is 5.35 Å². The van der Waals surface area contributed by atoms with Crippen LogP contribution in [0.15, 0.2) is 34.9 Å². The van der Waals surface area contributed by atoms with Crippen molar-refractivity contribution in [2.75, 3.05) is 0 Å². The number of aromatic nitrogens is 4. The summed E-state index contributed by atoms with van der Waals surface area (Å²) in [6.45, 7) is 19.5. The first kappa shape index (κ1) is 25.3. The van der Waals surface area contributed by atoms with E-state index in [9.17, 15) is 4.79 Å². The molecule has 4 aromatic rings. The number of rotatable bonds is 1. The first-order valence-corrected chi connectivity index (χ1v) is 12.7. The summed E-state index contributed by atoms with van der Waals surface area (Å²) in [5.41, 5.74) is 4.79. The summed E-state index contributed by atoms with van der Waals surface area (Å²) in [6.07, 6.45) is 1.90. The Bertz CT molecular complexity index is 1590. The number of hydrogen-bond acceptors (Lipinski definition) is 4. The molecule has 0 radical (unpaired) electrons. The van der Waals surface area contributed by atoms with Gasteiger partial charge in [0.2, 0.25) is 0 Å². The topological polar surface area (TPSA) is 60.7 Å². The van der Waals surface area contributed by atoms with Gasteiger partial charge in [-0.05, 0) is 64.7 Å². The number of carbonyl (C=O) groups excluding carboxylic acids is 1. The third-order valence-electron chi connectivity index (χ3n) is 6.06. The molecular weight excluding hydrogens is 500 g/mol. The number of halogens is 1. The van der Waals surface area contributed by atoms with Crippen molar-refractivity contribution >= 4 is 49.9 Å². The lowest BCUT2D eigenvalue weighted by Gasteiger charge is -2.30. The summed E-state index contributed by atoms with van der Waals surface area (Å²) in [6, 6.07) is 9.86. The highest BCUT2D eigenvalue weighted by molar-refractivity contribution is 9.10. The molecule has 6 heteroatoms. The maximum atomic E-state index is 12.1. The van der Waals surface area contributed by atoms with Gasteiger partial charge in [0, 0.05) is 10.9 Å². The fraction of sp³-hybridized carbons (Fsp3) is 0.414. The van der Waals surface area contributed by atoms with Crippen molar-refractivity contribution in [3.05, 3.63) is 62.3 Å². The van der Waals surface area contributed by atoms with E-state index in [1.165, 1.54) is 0 Å². The normalized spacial score (nSPS) is 13.6. The fourth-order valence-electron chi connectivity index (χ4n) is 4.68. The molecule has 0 atom stereocenters. The van der Waals surface area contributed by atoms with Gasteiger partial charge in [0.15, 0.2) is 11.3 Å². The third kappa shape index (κ3) is 4.46. The largest absolute Gasteiger partial charge is 0.258 e. The van der Waals surface area contributed by atoms with Gasteiger partial charge >= 0.3 is 0 Å². The van der Waals surface area contributed by atoms with Gasteiger partial charge in [-0.15, -0.1) is 0 Å². The van der Waals surface area contributed by atoms with Crippen molar-refractivity contribution in [3.8, 4) is 0 Å². The molecular formula is C29H33BrN4O. The summed E-state index contributed by atoms with van der Waals surface area (Å²) in [7, 11) is 0. The van der Waals surface area contributed by atoms with Crippen LogP contribution in [0.2, 0.25) is 0 Å². The average Bonchev–Trinajstić information content (AvgIpc) is 3.07. The number of fused-ring (bicyclic) bond motifs is 2. The molecule has 0 amide bonds. The molecule has 0 N–H and O–H groups in total. The molecule has 0 spiro atoms. The van der Waals surface area contributed by atoms with Gasteiger partial charge in [-0.1, -0.05) is 71.9 Å². The molecule has 0 aliphatic rings. The van der Waals surface area contributed by atoms with Crippen LogP contribution in [0.4, 0.5) is 0 Å². The third-order valence-corrected chi connectivity index (χ3v) is 6.62. The molecule has 2 heterocycles. The van der Waals surface area contributed by atoms with Crippen LogP contribution in [-0.4, -0.2) is 25.7 Å². The van der Waals surface area contributed by atoms with Crippen molar-refractivity contribution in [1.29, 1.82) is 0 Å². The van der Waals surface area contributed by atoms with E-state index in [0.717, 1.165) is 43.2 Å². The highest BCUT2D eigenvalue weighted by Crippen LogP contribution is 2.45. The summed E-state index contributed by atoms with van der Waals surface area (Å²) >= 11 is 3.79. The predicted octanol–water partition coefficient (Wildman–Crippen LogP) is 5.42. The average molecular weight is 534 g/mol. The van der Waals surface area contributed by atoms with Crippen LogP contribution >= 0.6 is 15.9 Å². The Morgan fingerprint density at radius 2 is 1.43 bits per heavy atom. The molecule has 0 aliphatic heterocycles. The van der Waals surface area contributed by atoms with Crippen molar-refractivity contribution in [2.45, 2.75) is 78.7 Å². The smallest absolute Gasteiger partial charge is 0.173 e. The Morgan fingerprint density at radius 1 is 0.857 bits per heavy atom. The number of nitrogens with zero attached hydrogens (tertiary/aromatic N) is 4. The molecule has 5 nitrogen and oxygen atoms in total. The zero-order valence-corrected chi connectivity index (χ0v) is 23.6. The van der Waals surface area contributed by atoms with Gasteiger partial charge in [-0.3, -0.25) is 4.68 Å². The molecule has 2 aromatic carbocycles. The zero-order chi connectivity index (χ0) is 25.9. The summed E-state index contributed by atoms with van der Waals surface area (Å²) < 4.78 is 2.87. The number of hydrogen-bond donors (Lipinski definition) is 0. The van der Waals surface area contributed by atoms with Gasteiger partial charge in [0.05, 0.1) is 22.1 Å². The summed E-state index contributed by atoms with van der Waals surface area (Å²) in [4.78, 5) is 22.2. The van der Waals surface area contributed by atoms with Crippen LogP contribution < -0.4 is 10.7 Å². The molecule has 182 valence electrons. The van der Waals surface area contributed by atoms with Crippen LogP contribution in [0.5, 0.6) is 0 Å². The maximum Gasteiger partial charge on any atom is 0.173 e. The number of benzene rings is 2. The lowest BCUT2D eigenvalue weighted by Crippen LogP contribution is -2.35. The van der Waals surface area contributed by atoms with Crippen LogP contribution in [0.1, 0.15) is 79.0 Å². The highest BCUT2D eigenvalue weighted by atomic mass is 79.9. The minimum absolute atomic E-state index is 0.215. The molecule has 4 rings (SSSR count). The van der Waals surface area contributed by atoms with Crippen LogP contribution in [0, 0.1) is 0 Å². The monoisotopic (exact) mass is 532 g/mol. The molecule has 0 saturated carbocycles. The quantitative estimate of drug-likeness (QED) is 0.328. The van der Waals surface area contributed by atoms with E-state index < -0.39 is 0 Å². The van der Waals surface area contributed by atoms with Crippen molar-refractivity contribution < 1.29 is 4.79 Å². The van der Waals surface area contributed by atoms with Crippen LogP contribution in [0.3, 0.4) is 0 Å². The molecule has 35 heavy (non-hydrogen) atoms. The second-order valence-electron chi connectivity index (χ2n) is 12.2. The first-order chi connectivity index (χ1) is 16.1. The fourth-order valence-corrected chi connectivity index (χ4v) is 5.22. The summed E-state index contributed by atoms with van der Waals surface area (Å²) in [5, 5.41) is 6.74. The van der Waals surface area contributed by atoms with E-state index >= 15 is 0 Å². The molecule has 2 aromatic heterocycles. The van der Waals surface area contributed by atoms with E-state index in [1.54, 1.807) is 0 Å². The second-order valence-corrected chi connectivity index (χ2v) is 12.9. The molecule has 0 aliphatic carbocycles. The van der Waals surface area contributed by atoms with Crippen molar-refractivity contribution in [3.63, 3.8) is 0 Å². The first-order valence-electron chi connectivity index (χ1n) is 11.9. The maximum absolute atomic E-state index is 12.1. The Balaban J connectivity index is 2.38. The van der Waals surface area contributed by atoms with E-state index in [-0.39, 0.29) is 21.7 Å². The van der Waals surface area contributed by atoms with Gasteiger partial charge in [0.25, 0.3) is 0 Å². The SMILES string of the molecule is CC(C)(C)c1c2n/c(=C/c3ccccc3)c(=C=O)nc2c(C(C)(C)C)c2c1c(Br)nn2C(C)(C)C. The van der Waals surface area contributed by atoms with Crippen LogP contribution in [0.25, 0.3) is 28.0 Å². The Kier molecular flexibility index (Phi) is 6.06. The van der Waals surface area contributed by atoms with Gasteiger partial charge in [-0.25, -0.2) is 14.8 Å². The lowest BCUT2D eigenvalue weighted by molar-refractivity contribution is 0.365. The minimum Gasteiger partial charge on any atom is -0.258 e. The van der Waals surface area contributed by atoms with Gasteiger partial charge in [-0.2, -0.15) is 5.10 Å².